The number of halogens is 1. The summed E-state index contributed by atoms with van der Waals surface area (Å²) in [6.07, 6.45) is 3.79. The maximum atomic E-state index is 4.23. The minimum Gasteiger partial charge on any atom is -0.306 e. The molecule has 0 amide bonds. The van der Waals surface area contributed by atoms with Gasteiger partial charge < -0.3 is 5.32 Å². The number of nitrogens with zero attached hydrogens (tertiary/aromatic N) is 1. The standard InChI is InChI=1S/C18H17IN2/c1-2-21-18(16-7-3-4-9-17(16)19)15-8-5-6-13-12-20-11-10-14(13)15/h3-12,18,21H,2H2,1H3. The molecular weight excluding hydrogens is 371 g/mol. The Morgan fingerprint density at radius 1 is 1.05 bits per heavy atom. The summed E-state index contributed by atoms with van der Waals surface area (Å²) in [5.74, 6) is 0. The molecule has 21 heavy (non-hydrogen) atoms. The van der Waals surface area contributed by atoms with Crippen LogP contribution in [-0.2, 0) is 0 Å². The van der Waals surface area contributed by atoms with E-state index in [2.05, 4.69) is 88.3 Å². The van der Waals surface area contributed by atoms with Crippen LogP contribution in [-0.4, -0.2) is 11.5 Å². The molecule has 2 aromatic carbocycles. The van der Waals surface area contributed by atoms with Crippen molar-refractivity contribution < 1.29 is 0 Å². The van der Waals surface area contributed by atoms with Crippen molar-refractivity contribution in [3.63, 3.8) is 0 Å². The van der Waals surface area contributed by atoms with Gasteiger partial charge in [0.25, 0.3) is 0 Å². The van der Waals surface area contributed by atoms with Crippen molar-refractivity contribution in [3.8, 4) is 0 Å². The smallest absolute Gasteiger partial charge is 0.0593 e. The van der Waals surface area contributed by atoms with Crippen molar-refractivity contribution in [2.24, 2.45) is 0 Å². The van der Waals surface area contributed by atoms with Crippen molar-refractivity contribution in [2.75, 3.05) is 6.54 Å². The van der Waals surface area contributed by atoms with Gasteiger partial charge in [0.15, 0.2) is 0 Å². The molecule has 106 valence electrons. The molecule has 3 heteroatoms. The molecule has 3 aromatic rings. The molecule has 1 N–H and O–H groups in total. The Balaban J connectivity index is 2.19. The first kappa shape index (κ1) is 14.5. The Bertz CT molecular complexity index is 750. The van der Waals surface area contributed by atoms with Crippen LogP contribution in [0.3, 0.4) is 0 Å². The molecule has 0 saturated carbocycles. The van der Waals surface area contributed by atoms with Crippen molar-refractivity contribution in [2.45, 2.75) is 13.0 Å². The van der Waals surface area contributed by atoms with Gasteiger partial charge in [0.05, 0.1) is 6.04 Å². The minimum absolute atomic E-state index is 0.203. The molecule has 1 unspecified atom stereocenters. The Morgan fingerprint density at radius 2 is 1.86 bits per heavy atom. The minimum atomic E-state index is 0.203. The monoisotopic (exact) mass is 388 g/mol. The summed E-state index contributed by atoms with van der Waals surface area (Å²) in [7, 11) is 0. The van der Waals surface area contributed by atoms with E-state index in [0.717, 1.165) is 6.54 Å². The van der Waals surface area contributed by atoms with Crippen LogP contribution in [0.15, 0.2) is 60.9 Å². The maximum absolute atomic E-state index is 4.23. The van der Waals surface area contributed by atoms with Gasteiger partial charge in [-0.2, -0.15) is 0 Å². The first-order valence-corrected chi connectivity index (χ1v) is 8.19. The molecule has 1 atom stereocenters. The second kappa shape index (κ2) is 6.54. The fraction of sp³-hybridized carbons (Fsp3) is 0.167. The summed E-state index contributed by atoms with van der Waals surface area (Å²) in [4.78, 5) is 4.23. The summed E-state index contributed by atoms with van der Waals surface area (Å²) in [6, 6.07) is 17.3. The predicted molar refractivity (Wildman–Crippen MR) is 96.4 cm³/mol. The lowest BCUT2D eigenvalue weighted by atomic mass is 9.94. The summed E-state index contributed by atoms with van der Waals surface area (Å²) in [5.41, 5.74) is 2.63. The van der Waals surface area contributed by atoms with Crippen molar-refractivity contribution >= 4 is 33.4 Å². The Labute approximate surface area is 138 Å². The van der Waals surface area contributed by atoms with E-state index in [9.17, 15) is 0 Å². The van der Waals surface area contributed by atoms with E-state index in [1.807, 2.05) is 12.4 Å². The third-order valence-electron chi connectivity index (χ3n) is 3.65. The molecule has 0 bridgehead atoms. The quantitative estimate of drug-likeness (QED) is 0.664. The lowest BCUT2D eigenvalue weighted by molar-refractivity contribution is 0.632. The van der Waals surface area contributed by atoms with Gasteiger partial charge >= 0.3 is 0 Å². The normalized spacial score (nSPS) is 12.5. The molecule has 0 fully saturated rings. The molecule has 0 radical (unpaired) electrons. The highest BCUT2D eigenvalue weighted by atomic mass is 127. The van der Waals surface area contributed by atoms with Gasteiger partial charge in [0, 0.05) is 21.4 Å². The van der Waals surface area contributed by atoms with E-state index < -0.39 is 0 Å². The van der Waals surface area contributed by atoms with Gasteiger partial charge in [0.1, 0.15) is 0 Å². The fourth-order valence-corrected chi connectivity index (χ4v) is 3.40. The average Bonchev–Trinajstić information content (AvgIpc) is 2.53. The highest BCUT2D eigenvalue weighted by Gasteiger charge is 2.17. The highest BCUT2D eigenvalue weighted by Crippen LogP contribution is 2.30. The van der Waals surface area contributed by atoms with Crippen LogP contribution in [0, 0.1) is 3.57 Å². The van der Waals surface area contributed by atoms with E-state index >= 15 is 0 Å². The summed E-state index contributed by atoms with van der Waals surface area (Å²) in [5, 5.41) is 6.07. The summed E-state index contributed by atoms with van der Waals surface area (Å²) >= 11 is 2.41. The third kappa shape index (κ3) is 2.94. The number of nitrogens with one attached hydrogen (secondary N) is 1. The summed E-state index contributed by atoms with van der Waals surface area (Å²) < 4.78 is 1.28. The number of hydrogen-bond acceptors (Lipinski definition) is 2. The van der Waals surface area contributed by atoms with Gasteiger partial charge in [-0.05, 0) is 57.8 Å². The molecule has 1 heterocycles. The van der Waals surface area contributed by atoms with Crippen LogP contribution >= 0.6 is 22.6 Å². The van der Waals surface area contributed by atoms with Gasteiger partial charge in [-0.3, -0.25) is 4.98 Å². The van der Waals surface area contributed by atoms with Crippen LogP contribution in [0.4, 0.5) is 0 Å². The Hall–Kier alpha value is -1.46. The van der Waals surface area contributed by atoms with Gasteiger partial charge in [-0.25, -0.2) is 0 Å². The number of benzene rings is 2. The van der Waals surface area contributed by atoms with Crippen molar-refractivity contribution in [1.82, 2.24) is 10.3 Å². The van der Waals surface area contributed by atoms with Crippen LogP contribution < -0.4 is 5.32 Å². The topological polar surface area (TPSA) is 24.9 Å². The zero-order valence-electron chi connectivity index (χ0n) is 11.9. The number of hydrogen-bond donors (Lipinski definition) is 1. The van der Waals surface area contributed by atoms with Crippen LogP contribution in [0.5, 0.6) is 0 Å². The zero-order chi connectivity index (χ0) is 14.7. The maximum Gasteiger partial charge on any atom is 0.0593 e. The number of aromatic nitrogens is 1. The van der Waals surface area contributed by atoms with Crippen LogP contribution in [0.2, 0.25) is 0 Å². The summed E-state index contributed by atoms with van der Waals surface area (Å²) in [6.45, 7) is 3.08. The average molecular weight is 388 g/mol. The van der Waals surface area contributed by atoms with E-state index in [0.29, 0.717) is 0 Å². The van der Waals surface area contributed by atoms with Gasteiger partial charge in [-0.15, -0.1) is 0 Å². The third-order valence-corrected chi connectivity index (χ3v) is 4.63. The molecular formula is C18H17IN2. The van der Waals surface area contributed by atoms with E-state index in [1.54, 1.807) is 0 Å². The Morgan fingerprint density at radius 3 is 2.67 bits per heavy atom. The van der Waals surface area contributed by atoms with Gasteiger partial charge in [-0.1, -0.05) is 43.3 Å². The second-order valence-corrected chi connectivity index (χ2v) is 6.12. The first-order chi connectivity index (χ1) is 10.3. The lowest BCUT2D eigenvalue weighted by Crippen LogP contribution is -2.23. The van der Waals surface area contributed by atoms with E-state index in [1.165, 1.54) is 25.5 Å². The lowest BCUT2D eigenvalue weighted by Gasteiger charge is -2.22. The predicted octanol–water partition coefficient (Wildman–Crippen LogP) is 4.54. The first-order valence-electron chi connectivity index (χ1n) is 7.11. The van der Waals surface area contributed by atoms with Crippen molar-refractivity contribution in [3.05, 3.63) is 75.6 Å². The molecule has 0 aliphatic heterocycles. The zero-order valence-corrected chi connectivity index (χ0v) is 14.0. The molecule has 0 spiro atoms. The SMILES string of the molecule is CCNC(c1ccccc1I)c1cccc2cnccc12. The van der Waals surface area contributed by atoms with Crippen LogP contribution in [0.25, 0.3) is 10.8 Å². The van der Waals surface area contributed by atoms with Gasteiger partial charge in [0.2, 0.25) is 0 Å². The molecule has 0 aliphatic rings. The number of pyridine rings is 1. The fourth-order valence-electron chi connectivity index (χ4n) is 2.70. The number of rotatable bonds is 4. The molecule has 0 aliphatic carbocycles. The molecule has 0 saturated heterocycles. The van der Waals surface area contributed by atoms with Crippen molar-refractivity contribution in [1.29, 1.82) is 0 Å². The second-order valence-electron chi connectivity index (χ2n) is 4.96. The Kier molecular flexibility index (Phi) is 4.51. The largest absolute Gasteiger partial charge is 0.306 e. The van der Waals surface area contributed by atoms with E-state index in [-0.39, 0.29) is 6.04 Å². The van der Waals surface area contributed by atoms with E-state index in [4.69, 9.17) is 0 Å². The van der Waals surface area contributed by atoms with Crippen LogP contribution in [0.1, 0.15) is 24.1 Å². The molecule has 2 nitrogen and oxygen atoms in total. The number of fused-ring (bicyclic) bond motifs is 1. The molecule has 3 rings (SSSR count). The molecule has 1 aromatic heterocycles. The highest BCUT2D eigenvalue weighted by molar-refractivity contribution is 14.1.